The Labute approximate surface area is 164 Å². The number of hydrogen-bond acceptors (Lipinski definition) is 5. The van der Waals surface area contributed by atoms with Crippen LogP contribution in [-0.2, 0) is 9.84 Å². The topological polar surface area (TPSA) is 88.2 Å². The molecule has 0 atom stereocenters. The summed E-state index contributed by atoms with van der Waals surface area (Å²) in [7, 11) is -3.51. The Bertz CT molecular complexity index is 1050. The second-order valence-corrected chi connectivity index (χ2v) is 8.27. The van der Waals surface area contributed by atoms with Gasteiger partial charge in [0, 0.05) is 5.69 Å². The molecule has 0 spiro atoms. The number of carbonyl (C=O) groups excluding carboxylic acids is 1. The van der Waals surface area contributed by atoms with Gasteiger partial charge in [0.25, 0.3) is 5.91 Å². The number of pyridine rings is 1. The van der Waals surface area contributed by atoms with Crippen LogP contribution in [-0.4, -0.2) is 25.1 Å². The molecule has 2 aromatic carbocycles. The molecule has 3 rings (SSSR count). The molecule has 0 radical (unpaired) electrons. The molecular formula is C21H21N3O3S. The molecule has 6 nitrogen and oxygen atoms in total. The molecular weight excluding hydrogens is 374 g/mol. The van der Waals surface area contributed by atoms with Crippen LogP contribution in [0.25, 0.3) is 0 Å². The van der Waals surface area contributed by atoms with Gasteiger partial charge in [0.1, 0.15) is 5.82 Å². The van der Waals surface area contributed by atoms with Crippen molar-refractivity contribution in [3.63, 3.8) is 0 Å². The number of nitrogens with one attached hydrogen (secondary N) is 2. The lowest BCUT2D eigenvalue weighted by Crippen LogP contribution is -2.17. The summed E-state index contributed by atoms with van der Waals surface area (Å²) in [6.45, 7) is 1.79. The van der Waals surface area contributed by atoms with E-state index in [1.807, 2.05) is 30.3 Å². The Morgan fingerprint density at radius 3 is 2.32 bits per heavy atom. The minimum atomic E-state index is -3.51. The highest BCUT2D eigenvalue weighted by Crippen LogP contribution is 2.20. The maximum atomic E-state index is 12.6. The number of nitrogens with zero attached hydrogens (tertiary/aromatic N) is 1. The number of amides is 1. The molecule has 1 heterocycles. The Kier molecular flexibility index (Phi) is 6.06. The zero-order valence-electron chi connectivity index (χ0n) is 15.4. The van der Waals surface area contributed by atoms with Gasteiger partial charge in [0.15, 0.2) is 9.84 Å². The van der Waals surface area contributed by atoms with Crippen molar-refractivity contribution >= 4 is 32.9 Å². The Morgan fingerprint density at radius 2 is 1.64 bits per heavy atom. The highest BCUT2D eigenvalue weighted by molar-refractivity contribution is 7.91. The van der Waals surface area contributed by atoms with E-state index in [2.05, 4.69) is 15.6 Å². The van der Waals surface area contributed by atoms with Gasteiger partial charge >= 0.3 is 0 Å². The highest BCUT2D eigenvalue weighted by atomic mass is 32.2. The zero-order chi connectivity index (χ0) is 20.0. The van der Waals surface area contributed by atoms with Crippen molar-refractivity contribution in [1.82, 2.24) is 4.98 Å². The fourth-order valence-corrected chi connectivity index (χ4v) is 4.25. The van der Waals surface area contributed by atoms with Gasteiger partial charge in [0.05, 0.1) is 28.1 Å². The fraction of sp³-hybridized carbons (Fsp3) is 0.143. The largest absolute Gasteiger partial charge is 0.340 e. The van der Waals surface area contributed by atoms with Crippen LogP contribution in [0.1, 0.15) is 23.7 Å². The van der Waals surface area contributed by atoms with Crippen LogP contribution in [0.3, 0.4) is 0 Å². The van der Waals surface area contributed by atoms with Gasteiger partial charge in [-0.15, -0.1) is 0 Å². The van der Waals surface area contributed by atoms with E-state index in [0.29, 0.717) is 17.9 Å². The van der Waals surface area contributed by atoms with Crippen LogP contribution in [0.15, 0.2) is 77.8 Å². The van der Waals surface area contributed by atoms with E-state index in [-0.39, 0.29) is 16.2 Å². The molecule has 1 aromatic heterocycles. The molecule has 0 bridgehead atoms. The van der Waals surface area contributed by atoms with Crippen LogP contribution in [0.2, 0.25) is 0 Å². The van der Waals surface area contributed by atoms with Gasteiger partial charge in [-0.05, 0) is 42.8 Å². The van der Waals surface area contributed by atoms with Gasteiger partial charge in [-0.1, -0.05) is 37.3 Å². The van der Waals surface area contributed by atoms with Crippen molar-refractivity contribution < 1.29 is 13.2 Å². The van der Waals surface area contributed by atoms with E-state index >= 15 is 0 Å². The van der Waals surface area contributed by atoms with Crippen LogP contribution >= 0.6 is 0 Å². The van der Waals surface area contributed by atoms with E-state index in [0.717, 1.165) is 5.69 Å². The van der Waals surface area contributed by atoms with Crippen LogP contribution in [0.5, 0.6) is 0 Å². The molecule has 144 valence electrons. The van der Waals surface area contributed by atoms with Crippen LogP contribution < -0.4 is 10.6 Å². The lowest BCUT2D eigenvalue weighted by molar-refractivity contribution is 0.102. The smallest absolute Gasteiger partial charge is 0.257 e. The second kappa shape index (κ2) is 8.67. The molecule has 0 fully saturated rings. The predicted octanol–water partition coefficient (Wildman–Crippen LogP) is 4.26. The number of benzene rings is 2. The molecule has 0 aliphatic carbocycles. The molecule has 0 unspecified atom stereocenters. The summed E-state index contributed by atoms with van der Waals surface area (Å²) in [5.74, 6) is 0.148. The normalized spacial score (nSPS) is 11.0. The first-order valence-electron chi connectivity index (χ1n) is 8.91. The number of hydrogen-bond donors (Lipinski definition) is 2. The highest BCUT2D eigenvalue weighted by Gasteiger charge is 2.21. The lowest BCUT2D eigenvalue weighted by atomic mass is 10.2. The summed E-state index contributed by atoms with van der Waals surface area (Å²) in [6, 6.07) is 19.3. The third-order valence-electron chi connectivity index (χ3n) is 4.01. The summed E-state index contributed by atoms with van der Waals surface area (Å²) in [5.41, 5.74) is 1.51. The molecule has 0 aliphatic rings. The molecule has 0 aliphatic heterocycles. The Hall–Kier alpha value is -3.19. The maximum Gasteiger partial charge on any atom is 0.257 e. The third-order valence-corrected chi connectivity index (χ3v) is 5.98. The van der Waals surface area contributed by atoms with Gasteiger partial charge in [-0.25, -0.2) is 13.4 Å². The number of anilines is 3. The Balaban J connectivity index is 1.75. The third kappa shape index (κ3) is 4.75. The molecule has 0 saturated heterocycles. The number of para-hydroxylation sites is 1. The van der Waals surface area contributed by atoms with Gasteiger partial charge in [-0.2, -0.15) is 0 Å². The predicted molar refractivity (Wildman–Crippen MR) is 111 cm³/mol. The number of aromatic nitrogens is 1. The summed E-state index contributed by atoms with van der Waals surface area (Å²) >= 11 is 0. The first kappa shape index (κ1) is 19.6. The second-order valence-electron chi connectivity index (χ2n) is 6.19. The first-order valence-corrected chi connectivity index (χ1v) is 10.6. The van der Waals surface area contributed by atoms with Crippen LogP contribution in [0, 0.1) is 0 Å². The van der Waals surface area contributed by atoms with E-state index in [9.17, 15) is 13.2 Å². The fourth-order valence-electron chi connectivity index (χ4n) is 2.71. The minimum Gasteiger partial charge on any atom is -0.340 e. The maximum absolute atomic E-state index is 12.6. The lowest BCUT2D eigenvalue weighted by Gasteiger charge is -2.11. The van der Waals surface area contributed by atoms with Gasteiger partial charge in [-0.3, -0.25) is 4.79 Å². The Morgan fingerprint density at radius 1 is 0.929 bits per heavy atom. The number of sulfone groups is 1. The summed E-state index contributed by atoms with van der Waals surface area (Å²) in [4.78, 5) is 17.0. The van der Waals surface area contributed by atoms with Crippen molar-refractivity contribution in [2.75, 3.05) is 16.4 Å². The van der Waals surface area contributed by atoms with Crippen molar-refractivity contribution in [2.45, 2.75) is 18.2 Å². The average molecular weight is 395 g/mol. The standard InChI is InChI=1S/C21H21N3O3S/c1-2-14-28(26,27)19-11-7-6-10-18(19)21(25)24-17-12-13-20(22-15-17)23-16-8-4-3-5-9-16/h3-13,15H,2,14H2,1H3,(H,22,23)(H,24,25). The molecule has 0 saturated carbocycles. The van der Waals surface area contributed by atoms with Crippen molar-refractivity contribution in [3.05, 3.63) is 78.5 Å². The van der Waals surface area contributed by atoms with Crippen molar-refractivity contribution in [3.8, 4) is 0 Å². The first-order chi connectivity index (χ1) is 13.5. The van der Waals surface area contributed by atoms with E-state index in [1.54, 1.807) is 31.2 Å². The van der Waals surface area contributed by atoms with Crippen molar-refractivity contribution in [1.29, 1.82) is 0 Å². The molecule has 3 aromatic rings. The monoisotopic (exact) mass is 395 g/mol. The SMILES string of the molecule is CCCS(=O)(=O)c1ccccc1C(=O)Nc1ccc(Nc2ccccc2)nc1. The summed E-state index contributed by atoms with van der Waals surface area (Å²) in [5, 5.41) is 5.87. The van der Waals surface area contributed by atoms with Crippen LogP contribution in [0.4, 0.5) is 17.2 Å². The zero-order valence-corrected chi connectivity index (χ0v) is 16.2. The molecule has 7 heteroatoms. The molecule has 28 heavy (non-hydrogen) atoms. The number of carbonyl (C=O) groups is 1. The molecule has 1 amide bonds. The van der Waals surface area contributed by atoms with Crippen molar-refractivity contribution in [2.24, 2.45) is 0 Å². The van der Waals surface area contributed by atoms with Gasteiger partial charge in [0.2, 0.25) is 0 Å². The molecule has 2 N–H and O–H groups in total. The van der Waals surface area contributed by atoms with Gasteiger partial charge < -0.3 is 10.6 Å². The van der Waals surface area contributed by atoms with E-state index < -0.39 is 15.7 Å². The summed E-state index contributed by atoms with van der Waals surface area (Å²) < 4.78 is 24.9. The number of rotatable bonds is 7. The summed E-state index contributed by atoms with van der Waals surface area (Å²) in [6.07, 6.45) is 2.00. The van der Waals surface area contributed by atoms with E-state index in [4.69, 9.17) is 0 Å². The average Bonchev–Trinajstić information content (AvgIpc) is 2.70. The minimum absolute atomic E-state index is 0.00129. The quantitative estimate of drug-likeness (QED) is 0.624. The van der Waals surface area contributed by atoms with E-state index in [1.165, 1.54) is 18.3 Å².